The van der Waals surface area contributed by atoms with Crippen molar-refractivity contribution in [3.05, 3.63) is 0 Å². The summed E-state index contributed by atoms with van der Waals surface area (Å²) in [5.41, 5.74) is -0.664. The predicted octanol–water partition coefficient (Wildman–Crippen LogP) is 2.23. The third-order valence-electron chi connectivity index (χ3n) is 4.15. The van der Waals surface area contributed by atoms with E-state index in [1.165, 1.54) is 12.8 Å². The van der Waals surface area contributed by atoms with Crippen molar-refractivity contribution in [1.29, 1.82) is 5.26 Å². The molecule has 3 unspecified atom stereocenters. The van der Waals surface area contributed by atoms with Crippen LogP contribution < -0.4 is 5.32 Å². The Bertz CT molecular complexity index is 327. The molecule has 0 radical (unpaired) electrons. The molecule has 2 aliphatic rings. The van der Waals surface area contributed by atoms with E-state index in [1.807, 2.05) is 0 Å². The van der Waals surface area contributed by atoms with Gasteiger partial charge in [-0.05, 0) is 43.9 Å². The highest BCUT2D eigenvalue weighted by Crippen LogP contribution is 2.45. The molecule has 2 saturated carbocycles. The number of nitrogens with zero attached hydrogens (tertiary/aromatic N) is 1. The average molecular weight is 220 g/mol. The molecule has 2 aliphatic carbocycles. The lowest BCUT2D eigenvalue weighted by Gasteiger charge is -2.33. The van der Waals surface area contributed by atoms with Gasteiger partial charge in [0.05, 0.1) is 6.07 Å². The number of carbonyl (C=O) groups is 1. The van der Waals surface area contributed by atoms with Crippen LogP contribution in [0.4, 0.5) is 0 Å². The summed E-state index contributed by atoms with van der Waals surface area (Å²) >= 11 is 0. The predicted molar refractivity (Wildman–Crippen MR) is 61.4 cm³/mol. The van der Waals surface area contributed by atoms with E-state index >= 15 is 0 Å². The first-order valence-corrected chi connectivity index (χ1v) is 6.29. The number of rotatable bonds is 2. The van der Waals surface area contributed by atoms with E-state index in [1.54, 1.807) is 0 Å². The van der Waals surface area contributed by atoms with Gasteiger partial charge >= 0.3 is 0 Å². The van der Waals surface area contributed by atoms with Gasteiger partial charge in [-0.3, -0.25) is 4.79 Å². The molecule has 0 saturated heterocycles. The zero-order valence-corrected chi connectivity index (χ0v) is 10.1. The Morgan fingerprint density at radius 3 is 2.56 bits per heavy atom. The molecule has 0 aromatic heterocycles. The van der Waals surface area contributed by atoms with Gasteiger partial charge in [0.25, 0.3) is 0 Å². The maximum Gasteiger partial charge on any atom is 0.240 e. The van der Waals surface area contributed by atoms with Crippen molar-refractivity contribution in [1.82, 2.24) is 5.32 Å². The van der Waals surface area contributed by atoms with Gasteiger partial charge in [-0.1, -0.05) is 13.8 Å². The van der Waals surface area contributed by atoms with Crippen molar-refractivity contribution in [2.45, 2.75) is 52.0 Å². The summed E-state index contributed by atoms with van der Waals surface area (Å²) in [5, 5.41) is 12.0. The molecule has 2 fully saturated rings. The lowest BCUT2D eigenvalue weighted by Crippen LogP contribution is -2.45. The summed E-state index contributed by atoms with van der Waals surface area (Å²) in [7, 11) is 0. The van der Waals surface area contributed by atoms with E-state index < -0.39 is 5.41 Å². The molecule has 0 aromatic carbocycles. The molecule has 3 heteroatoms. The Morgan fingerprint density at radius 2 is 2.06 bits per heavy atom. The quantitative estimate of drug-likeness (QED) is 0.775. The minimum absolute atomic E-state index is 0.0265. The number of nitriles is 1. The maximum atomic E-state index is 11.9. The highest BCUT2D eigenvalue weighted by atomic mass is 16.2. The molecule has 88 valence electrons. The standard InChI is InChI=1S/C13H20N2O/c1-9-3-4-11(10(2)7-9)15-12(16)13(8-14)5-6-13/h9-11H,3-7H2,1-2H3,(H,15,16). The van der Waals surface area contributed by atoms with Crippen molar-refractivity contribution in [3.63, 3.8) is 0 Å². The Morgan fingerprint density at radius 1 is 1.38 bits per heavy atom. The molecule has 2 rings (SSSR count). The van der Waals surface area contributed by atoms with E-state index in [0.717, 1.165) is 25.2 Å². The molecule has 16 heavy (non-hydrogen) atoms. The van der Waals surface area contributed by atoms with Gasteiger partial charge in [0.15, 0.2) is 0 Å². The summed E-state index contributed by atoms with van der Waals surface area (Å²) < 4.78 is 0. The van der Waals surface area contributed by atoms with E-state index in [0.29, 0.717) is 5.92 Å². The van der Waals surface area contributed by atoms with Crippen molar-refractivity contribution >= 4 is 5.91 Å². The van der Waals surface area contributed by atoms with Gasteiger partial charge in [0.2, 0.25) is 5.91 Å². The molecule has 0 aromatic rings. The fraction of sp³-hybridized carbons (Fsp3) is 0.846. The zero-order chi connectivity index (χ0) is 11.8. The first-order chi connectivity index (χ1) is 7.57. The minimum atomic E-state index is -0.664. The van der Waals surface area contributed by atoms with Gasteiger partial charge < -0.3 is 5.32 Å². The topological polar surface area (TPSA) is 52.9 Å². The highest BCUT2D eigenvalue weighted by molar-refractivity contribution is 5.88. The molecule has 0 bridgehead atoms. The monoisotopic (exact) mass is 220 g/mol. The Kier molecular flexibility index (Phi) is 2.92. The van der Waals surface area contributed by atoms with Gasteiger partial charge in [-0.15, -0.1) is 0 Å². The van der Waals surface area contributed by atoms with Crippen molar-refractivity contribution in [3.8, 4) is 6.07 Å². The third kappa shape index (κ3) is 2.07. The van der Waals surface area contributed by atoms with Gasteiger partial charge in [-0.25, -0.2) is 0 Å². The zero-order valence-electron chi connectivity index (χ0n) is 10.1. The normalized spacial score (nSPS) is 36.2. The van der Waals surface area contributed by atoms with Crippen LogP contribution in [-0.4, -0.2) is 11.9 Å². The minimum Gasteiger partial charge on any atom is -0.352 e. The van der Waals surface area contributed by atoms with Crippen molar-refractivity contribution in [2.24, 2.45) is 17.3 Å². The van der Waals surface area contributed by atoms with Crippen LogP contribution in [0.2, 0.25) is 0 Å². The van der Waals surface area contributed by atoms with Crippen LogP contribution in [0.3, 0.4) is 0 Å². The van der Waals surface area contributed by atoms with Gasteiger partial charge in [-0.2, -0.15) is 5.26 Å². The second kappa shape index (κ2) is 4.08. The molecule has 0 heterocycles. The SMILES string of the molecule is CC1CCC(NC(=O)C2(C#N)CC2)C(C)C1. The Hall–Kier alpha value is -1.04. The van der Waals surface area contributed by atoms with Crippen LogP contribution in [0.15, 0.2) is 0 Å². The Balaban J connectivity index is 1.91. The lowest BCUT2D eigenvalue weighted by molar-refractivity contribution is -0.125. The number of hydrogen-bond acceptors (Lipinski definition) is 2. The summed E-state index contributed by atoms with van der Waals surface area (Å²) in [6.07, 6.45) is 4.93. The molecule has 1 amide bonds. The molecule has 3 atom stereocenters. The van der Waals surface area contributed by atoms with Crippen LogP contribution in [-0.2, 0) is 4.79 Å². The number of amides is 1. The summed E-state index contributed by atoms with van der Waals surface area (Å²) in [4.78, 5) is 11.9. The van der Waals surface area contributed by atoms with Crippen LogP contribution >= 0.6 is 0 Å². The largest absolute Gasteiger partial charge is 0.352 e. The summed E-state index contributed by atoms with van der Waals surface area (Å²) in [6, 6.07) is 2.44. The number of nitrogens with one attached hydrogen (secondary N) is 1. The van der Waals surface area contributed by atoms with Crippen LogP contribution in [0.5, 0.6) is 0 Å². The Labute approximate surface area is 97.2 Å². The molecule has 3 nitrogen and oxygen atoms in total. The van der Waals surface area contributed by atoms with E-state index in [9.17, 15) is 4.79 Å². The van der Waals surface area contributed by atoms with E-state index in [4.69, 9.17) is 5.26 Å². The second-order valence-electron chi connectivity index (χ2n) is 5.67. The van der Waals surface area contributed by atoms with Crippen LogP contribution in [0.25, 0.3) is 0 Å². The first-order valence-electron chi connectivity index (χ1n) is 6.29. The molecule has 0 spiro atoms. The fourth-order valence-corrected chi connectivity index (χ4v) is 2.70. The maximum absolute atomic E-state index is 11.9. The van der Waals surface area contributed by atoms with Gasteiger partial charge in [0.1, 0.15) is 5.41 Å². The smallest absolute Gasteiger partial charge is 0.240 e. The van der Waals surface area contributed by atoms with Gasteiger partial charge in [0, 0.05) is 6.04 Å². The molecule has 1 N–H and O–H groups in total. The fourth-order valence-electron chi connectivity index (χ4n) is 2.70. The van der Waals surface area contributed by atoms with E-state index in [-0.39, 0.29) is 11.9 Å². The van der Waals surface area contributed by atoms with Crippen LogP contribution in [0, 0.1) is 28.6 Å². The lowest BCUT2D eigenvalue weighted by atomic mass is 9.79. The second-order valence-corrected chi connectivity index (χ2v) is 5.67. The number of hydrogen-bond donors (Lipinski definition) is 1. The summed E-state index contributed by atoms with van der Waals surface area (Å²) in [5.74, 6) is 1.29. The van der Waals surface area contributed by atoms with Crippen molar-refractivity contribution in [2.75, 3.05) is 0 Å². The third-order valence-corrected chi connectivity index (χ3v) is 4.15. The van der Waals surface area contributed by atoms with Crippen molar-refractivity contribution < 1.29 is 4.79 Å². The van der Waals surface area contributed by atoms with E-state index in [2.05, 4.69) is 25.2 Å². The summed E-state index contributed by atoms with van der Waals surface area (Å²) in [6.45, 7) is 4.47. The highest BCUT2D eigenvalue weighted by Gasteiger charge is 2.51. The number of carbonyl (C=O) groups excluding carboxylic acids is 1. The van der Waals surface area contributed by atoms with Crippen LogP contribution in [0.1, 0.15) is 46.0 Å². The molecular formula is C13H20N2O. The first kappa shape index (κ1) is 11.4. The molecule has 0 aliphatic heterocycles. The molecular weight excluding hydrogens is 200 g/mol. The average Bonchev–Trinajstić information content (AvgIpc) is 3.03.